The summed E-state index contributed by atoms with van der Waals surface area (Å²) in [5.41, 5.74) is 1.04. The van der Waals surface area contributed by atoms with Crippen LogP contribution in [-0.4, -0.2) is 35.0 Å². The summed E-state index contributed by atoms with van der Waals surface area (Å²) in [6, 6.07) is 8.33. The van der Waals surface area contributed by atoms with Gasteiger partial charge in [0.15, 0.2) is 0 Å². The SMILES string of the molecule is O=C([C@@H]1CCCO1)N1CCCC[C@@H]1c1nc2ccccc2s1. The molecule has 1 aromatic carbocycles. The zero-order chi connectivity index (χ0) is 14.9. The lowest BCUT2D eigenvalue weighted by Gasteiger charge is -2.35. The number of nitrogens with zero attached hydrogens (tertiary/aromatic N) is 2. The molecule has 5 heteroatoms. The molecule has 0 spiro atoms. The number of para-hydroxylation sites is 1. The van der Waals surface area contributed by atoms with E-state index in [0.717, 1.165) is 55.8 Å². The van der Waals surface area contributed by atoms with Crippen LogP contribution >= 0.6 is 11.3 Å². The first-order valence-corrected chi connectivity index (χ1v) is 8.92. The zero-order valence-corrected chi connectivity index (χ0v) is 13.3. The minimum Gasteiger partial charge on any atom is -0.368 e. The highest BCUT2D eigenvalue weighted by Crippen LogP contribution is 2.36. The normalized spacial score (nSPS) is 25.7. The number of aromatic nitrogens is 1. The summed E-state index contributed by atoms with van der Waals surface area (Å²) in [6.45, 7) is 1.55. The summed E-state index contributed by atoms with van der Waals surface area (Å²) in [5.74, 6) is 0.168. The minimum absolute atomic E-state index is 0.128. The van der Waals surface area contributed by atoms with Gasteiger partial charge in [-0.15, -0.1) is 11.3 Å². The fourth-order valence-corrected chi connectivity index (χ4v) is 4.56. The molecular weight excluding hydrogens is 296 g/mol. The highest BCUT2D eigenvalue weighted by molar-refractivity contribution is 7.18. The minimum atomic E-state index is -0.227. The number of rotatable bonds is 2. The molecule has 2 aliphatic heterocycles. The lowest BCUT2D eigenvalue weighted by atomic mass is 10.0. The number of piperidine rings is 1. The quantitative estimate of drug-likeness (QED) is 0.851. The van der Waals surface area contributed by atoms with Crippen LogP contribution in [0.1, 0.15) is 43.2 Å². The molecule has 2 aliphatic rings. The number of likely N-dealkylation sites (tertiary alicyclic amines) is 1. The van der Waals surface area contributed by atoms with E-state index in [1.165, 1.54) is 4.70 Å². The Morgan fingerprint density at radius 3 is 2.95 bits per heavy atom. The molecule has 4 rings (SSSR count). The molecule has 1 aromatic heterocycles. The molecule has 0 radical (unpaired) electrons. The van der Waals surface area contributed by atoms with Crippen molar-refractivity contribution in [3.05, 3.63) is 29.3 Å². The van der Waals surface area contributed by atoms with Crippen LogP contribution in [0.15, 0.2) is 24.3 Å². The second-order valence-corrected chi connectivity index (χ2v) is 7.13. The number of carbonyl (C=O) groups excluding carboxylic acids is 1. The Morgan fingerprint density at radius 2 is 2.14 bits per heavy atom. The van der Waals surface area contributed by atoms with Gasteiger partial charge in [-0.1, -0.05) is 12.1 Å². The zero-order valence-electron chi connectivity index (χ0n) is 12.5. The molecule has 2 saturated heterocycles. The van der Waals surface area contributed by atoms with Gasteiger partial charge in [0.25, 0.3) is 5.91 Å². The summed E-state index contributed by atoms with van der Waals surface area (Å²) in [4.78, 5) is 19.6. The molecule has 0 bridgehead atoms. The van der Waals surface area contributed by atoms with E-state index in [4.69, 9.17) is 9.72 Å². The second kappa shape index (κ2) is 5.97. The van der Waals surface area contributed by atoms with E-state index >= 15 is 0 Å². The highest BCUT2D eigenvalue weighted by atomic mass is 32.1. The predicted molar refractivity (Wildman–Crippen MR) is 86.9 cm³/mol. The lowest BCUT2D eigenvalue weighted by molar-refractivity contribution is -0.145. The van der Waals surface area contributed by atoms with E-state index in [1.807, 2.05) is 23.1 Å². The van der Waals surface area contributed by atoms with E-state index < -0.39 is 0 Å². The van der Waals surface area contributed by atoms with E-state index in [-0.39, 0.29) is 18.1 Å². The number of hydrogen-bond acceptors (Lipinski definition) is 4. The maximum atomic E-state index is 12.8. The Kier molecular flexibility index (Phi) is 3.84. The number of thiazole rings is 1. The van der Waals surface area contributed by atoms with Crippen LogP contribution < -0.4 is 0 Å². The van der Waals surface area contributed by atoms with Crippen molar-refractivity contribution >= 4 is 27.5 Å². The van der Waals surface area contributed by atoms with Crippen molar-refractivity contribution in [3.8, 4) is 0 Å². The van der Waals surface area contributed by atoms with Gasteiger partial charge in [-0.3, -0.25) is 4.79 Å². The first kappa shape index (κ1) is 14.2. The number of ether oxygens (including phenoxy) is 1. The van der Waals surface area contributed by atoms with Gasteiger partial charge in [-0.05, 0) is 44.2 Å². The number of amides is 1. The van der Waals surface area contributed by atoms with Crippen LogP contribution in [0.5, 0.6) is 0 Å². The van der Waals surface area contributed by atoms with Crippen LogP contribution in [0, 0.1) is 0 Å². The molecule has 3 heterocycles. The summed E-state index contributed by atoms with van der Waals surface area (Å²) >= 11 is 1.72. The standard InChI is InChI=1S/C17H20N2O2S/c20-17(14-8-5-11-21-14)19-10-4-3-7-13(19)16-18-12-6-1-2-9-15(12)22-16/h1-2,6,9,13-14H,3-5,7-8,10-11H2/t13-,14+/m1/s1. The van der Waals surface area contributed by atoms with Gasteiger partial charge in [0.1, 0.15) is 11.1 Å². The van der Waals surface area contributed by atoms with Crippen LogP contribution in [0.2, 0.25) is 0 Å². The van der Waals surface area contributed by atoms with Gasteiger partial charge >= 0.3 is 0 Å². The molecule has 2 atom stereocenters. The Morgan fingerprint density at radius 1 is 1.23 bits per heavy atom. The fourth-order valence-electron chi connectivity index (χ4n) is 3.44. The van der Waals surface area contributed by atoms with E-state index in [0.29, 0.717) is 0 Å². The first-order valence-electron chi connectivity index (χ1n) is 8.10. The fraction of sp³-hybridized carbons (Fsp3) is 0.529. The third kappa shape index (κ3) is 2.52. The molecule has 0 aliphatic carbocycles. The molecule has 2 fully saturated rings. The number of benzene rings is 1. The Hall–Kier alpha value is -1.46. The Bertz CT molecular complexity index is 645. The summed E-state index contributed by atoms with van der Waals surface area (Å²) in [6.07, 6.45) is 4.89. The maximum Gasteiger partial charge on any atom is 0.252 e. The summed E-state index contributed by atoms with van der Waals surface area (Å²) in [5, 5.41) is 1.08. The van der Waals surface area contributed by atoms with Crippen molar-refractivity contribution in [1.29, 1.82) is 0 Å². The van der Waals surface area contributed by atoms with Gasteiger partial charge in [0.05, 0.1) is 16.3 Å². The molecule has 1 amide bonds. The largest absolute Gasteiger partial charge is 0.368 e. The third-order valence-electron chi connectivity index (χ3n) is 4.59. The second-order valence-electron chi connectivity index (χ2n) is 6.06. The average Bonchev–Trinajstić information content (AvgIpc) is 3.23. The van der Waals surface area contributed by atoms with E-state index in [2.05, 4.69) is 6.07 Å². The van der Waals surface area contributed by atoms with Crippen molar-refractivity contribution in [2.45, 2.75) is 44.2 Å². The molecule has 0 N–H and O–H groups in total. The average molecular weight is 316 g/mol. The number of fused-ring (bicyclic) bond motifs is 1. The van der Waals surface area contributed by atoms with Gasteiger partial charge in [0, 0.05) is 13.2 Å². The van der Waals surface area contributed by atoms with Crippen LogP contribution in [0.25, 0.3) is 10.2 Å². The smallest absolute Gasteiger partial charge is 0.252 e. The van der Waals surface area contributed by atoms with Crippen molar-refractivity contribution in [2.24, 2.45) is 0 Å². The van der Waals surface area contributed by atoms with Gasteiger partial charge in [-0.2, -0.15) is 0 Å². The predicted octanol–water partition coefficient (Wildman–Crippen LogP) is 3.53. The Balaban J connectivity index is 1.63. The van der Waals surface area contributed by atoms with E-state index in [1.54, 1.807) is 11.3 Å². The number of carbonyl (C=O) groups is 1. The highest BCUT2D eigenvalue weighted by Gasteiger charge is 2.35. The van der Waals surface area contributed by atoms with Gasteiger partial charge < -0.3 is 9.64 Å². The van der Waals surface area contributed by atoms with Crippen molar-refractivity contribution in [1.82, 2.24) is 9.88 Å². The molecule has 22 heavy (non-hydrogen) atoms. The molecule has 116 valence electrons. The van der Waals surface area contributed by atoms with Crippen LogP contribution in [0.4, 0.5) is 0 Å². The topological polar surface area (TPSA) is 42.4 Å². The third-order valence-corrected chi connectivity index (χ3v) is 5.72. The van der Waals surface area contributed by atoms with E-state index in [9.17, 15) is 4.79 Å². The van der Waals surface area contributed by atoms with Crippen molar-refractivity contribution in [3.63, 3.8) is 0 Å². The summed E-state index contributed by atoms with van der Waals surface area (Å²) < 4.78 is 6.80. The number of hydrogen-bond donors (Lipinski definition) is 0. The monoisotopic (exact) mass is 316 g/mol. The molecule has 4 nitrogen and oxygen atoms in total. The summed E-state index contributed by atoms with van der Waals surface area (Å²) in [7, 11) is 0. The Labute approximate surface area is 134 Å². The molecule has 0 unspecified atom stereocenters. The van der Waals surface area contributed by atoms with Gasteiger partial charge in [-0.25, -0.2) is 4.98 Å². The first-order chi connectivity index (χ1) is 10.8. The molecule has 2 aromatic rings. The van der Waals surface area contributed by atoms with Gasteiger partial charge in [0.2, 0.25) is 0 Å². The molecular formula is C17H20N2O2S. The van der Waals surface area contributed by atoms with Crippen molar-refractivity contribution < 1.29 is 9.53 Å². The molecule has 0 saturated carbocycles. The van der Waals surface area contributed by atoms with Crippen molar-refractivity contribution in [2.75, 3.05) is 13.2 Å². The maximum absolute atomic E-state index is 12.8. The lowest BCUT2D eigenvalue weighted by Crippen LogP contribution is -2.43. The van der Waals surface area contributed by atoms with Crippen LogP contribution in [0.3, 0.4) is 0 Å². The van der Waals surface area contributed by atoms with Crippen LogP contribution in [-0.2, 0) is 9.53 Å².